The first-order chi connectivity index (χ1) is 7.66. The molecule has 2 nitrogen and oxygen atoms in total. The van der Waals surface area contributed by atoms with E-state index in [1.165, 1.54) is 13.0 Å². The van der Waals surface area contributed by atoms with Gasteiger partial charge in [0, 0.05) is 18.2 Å². The first kappa shape index (κ1) is 11.1. The van der Waals surface area contributed by atoms with Crippen LogP contribution in [-0.2, 0) is 11.2 Å². The van der Waals surface area contributed by atoms with Gasteiger partial charge in [-0.25, -0.2) is 4.39 Å². The van der Waals surface area contributed by atoms with Gasteiger partial charge in [0.1, 0.15) is 5.82 Å². The first-order valence-electron chi connectivity index (χ1n) is 5.07. The Balaban J connectivity index is 2.17. The van der Waals surface area contributed by atoms with Crippen molar-refractivity contribution < 1.29 is 9.18 Å². The molecule has 1 aromatic carbocycles. The van der Waals surface area contributed by atoms with Crippen LogP contribution in [0.4, 0.5) is 4.39 Å². The van der Waals surface area contributed by atoms with Crippen LogP contribution in [0.2, 0.25) is 0 Å². The van der Waals surface area contributed by atoms with Gasteiger partial charge in [0.05, 0.1) is 0 Å². The molecule has 0 unspecified atom stereocenters. The first-order valence-corrected chi connectivity index (χ1v) is 5.95. The molecule has 0 aliphatic heterocycles. The molecule has 0 aliphatic carbocycles. The third-order valence-electron chi connectivity index (χ3n) is 2.38. The van der Waals surface area contributed by atoms with Crippen molar-refractivity contribution in [3.8, 4) is 0 Å². The lowest BCUT2D eigenvalue weighted by Crippen LogP contribution is -2.22. The normalized spacial score (nSPS) is 10.6. The molecule has 0 saturated carbocycles. The summed E-state index contributed by atoms with van der Waals surface area (Å²) in [6, 6.07) is 4.81. The Kier molecular flexibility index (Phi) is 3.19. The standard InChI is InChI=1S/C12H12FNOS/c1-8(15)14-5-4-9-7-16-12-3-2-10(13)6-11(9)12/h2-3,6-7H,4-5H2,1H3,(H,14,15). The van der Waals surface area contributed by atoms with Gasteiger partial charge < -0.3 is 5.32 Å². The predicted molar refractivity (Wildman–Crippen MR) is 64.2 cm³/mol. The average molecular weight is 237 g/mol. The van der Waals surface area contributed by atoms with Crippen LogP contribution in [0.5, 0.6) is 0 Å². The van der Waals surface area contributed by atoms with E-state index in [0.29, 0.717) is 6.54 Å². The second-order valence-electron chi connectivity index (χ2n) is 3.63. The Labute approximate surface area is 97.1 Å². The Morgan fingerprint density at radius 3 is 3.06 bits per heavy atom. The van der Waals surface area contributed by atoms with Crippen molar-refractivity contribution in [2.45, 2.75) is 13.3 Å². The fourth-order valence-corrected chi connectivity index (χ4v) is 2.60. The van der Waals surface area contributed by atoms with Crippen molar-refractivity contribution in [2.75, 3.05) is 6.54 Å². The molecule has 4 heteroatoms. The molecule has 0 spiro atoms. The molecule has 2 rings (SSSR count). The highest BCUT2D eigenvalue weighted by Gasteiger charge is 2.05. The number of amides is 1. The smallest absolute Gasteiger partial charge is 0.216 e. The number of nitrogens with one attached hydrogen (secondary N) is 1. The molecule has 0 saturated heterocycles. The largest absolute Gasteiger partial charge is 0.356 e. The number of hydrogen-bond acceptors (Lipinski definition) is 2. The number of carbonyl (C=O) groups excluding carboxylic acids is 1. The Morgan fingerprint density at radius 1 is 1.50 bits per heavy atom. The maximum atomic E-state index is 13.1. The SMILES string of the molecule is CC(=O)NCCc1csc2ccc(F)cc12. The fraction of sp³-hybridized carbons (Fsp3) is 0.250. The zero-order valence-electron chi connectivity index (χ0n) is 8.92. The second-order valence-corrected chi connectivity index (χ2v) is 4.55. The summed E-state index contributed by atoms with van der Waals surface area (Å²) in [6.45, 7) is 2.09. The fourth-order valence-electron chi connectivity index (χ4n) is 1.62. The van der Waals surface area contributed by atoms with Crippen LogP contribution in [0.3, 0.4) is 0 Å². The van der Waals surface area contributed by atoms with Crippen LogP contribution in [0.15, 0.2) is 23.6 Å². The lowest BCUT2D eigenvalue weighted by molar-refractivity contribution is -0.118. The van der Waals surface area contributed by atoms with E-state index in [4.69, 9.17) is 0 Å². The van der Waals surface area contributed by atoms with Crippen LogP contribution >= 0.6 is 11.3 Å². The Morgan fingerprint density at radius 2 is 2.31 bits per heavy atom. The summed E-state index contributed by atoms with van der Waals surface area (Å²) in [7, 11) is 0. The minimum absolute atomic E-state index is 0.0364. The number of benzene rings is 1. The topological polar surface area (TPSA) is 29.1 Å². The van der Waals surface area contributed by atoms with Gasteiger partial charge >= 0.3 is 0 Å². The van der Waals surface area contributed by atoms with Gasteiger partial charge in [-0.2, -0.15) is 0 Å². The highest BCUT2D eigenvalue weighted by Crippen LogP contribution is 2.26. The molecule has 0 aliphatic rings. The lowest BCUT2D eigenvalue weighted by atomic mass is 10.1. The number of hydrogen-bond donors (Lipinski definition) is 1. The van der Waals surface area contributed by atoms with Crippen molar-refractivity contribution in [1.82, 2.24) is 5.32 Å². The summed E-state index contributed by atoms with van der Waals surface area (Å²) < 4.78 is 14.2. The van der Waals surface area contributed by atoms with E-state index in [2.05, 4.69) is 5.32 Å². The molecule has 84 valence electrons. The maximum absolute atomic E-state index is 13.1. The minimum Gasteiger partial charge on any atom is -0.356 e. The highest BCUT2D eigenvalue weighted by atomic mass is 32.1. The van der Waals surface area contributed by atoms with Crippen LogP contribution in [-0.4, -0.2) is 12.5 Å². The van der Waals surface area contributed by atoms with E-state index in [9.17, 15) is 9.18 Å². The average Bonchev–Trinajstić information content (AvgIpc) is 2.60. The zero-order chi connectivity index (χ0) is 11.5. The van der Waals surface area contributed by atoms with Gasteiger partial charge in [-0.1, -0.05) is 0 Å². The van der Waals surface area contributed by atoms with Crippen molar-refractivity contribution >= 4 is 27.3 Å². The third kappa shape index (κ3) is 2.39. The molecule has 0 atom stereocenters. The quantitative estimate of drug-likeness (QED) is 0.873. The molecule has 0 bridgehead atoms. The van der Waals surface area contributed by atoms with E-state index in [1.807, 2.05) is 5.38 Å². The molecule has 1 heterocycles. The van der Waals surface area contributed by atoms with Gasteiger partial charge in [0.15, 0.2) is 0 Å². The summed E-state index contributed by atoms with van der Waals surface area (Å²) in [5.41, 5.74) is 1.09. The highest BCUT2D eigenvalue weighted by molar-refractivity contribution is 7.17. The van der Waals surface area contributed by atoms with Gasteiger partial charge in [0.2, 0.25) is 5.91 Å². The number of thiophene rings is 1. The molecular weight excluding hydrogens is 225 g/mol. The molecular formula is C12H12FNOS. The molecule has 1 aromatic heterocycles. The van der Waals surface area contributed by atoms with E-state index in [-0.39, 0.29) is 11.7 Å². The summed E-state index contributed by atoms with van der Waals surface area (Å²) in [5.74, 6) is -0.252. The monoisotopic (exact) mass is 237 g/mol. The van der Waals surface area contributed by atoms with E-state index in [1.54, 1.807) is 23.5 Å². The van der Waals surface area contributed by atoms with Crippen LogP contribution < -0.4 is 5.32 Å². The third-order valence-corrected chi connectivity index (χ3v) is 3.40. The van der Waals surface area contributed by atoms with Crippen LogP contribution in [0.25, 0.3) is 10.1 Å². The second kappa shape index (κ2) is 4.61. The summed E-state index contributed by atoms with van der Waals surface area (Å²) in [5, 5.41) is 5.71. The number of carbonyl (C=O) groups is 1. The van der Waals surface area contributed by atoms with Crippen molar-refractivity contribution in [3.05, 3.63) is 35.0 Å². The van der Waals surface area contributed by atoms with Crippen LogP contribution in [0.1, 0.15) is 12.5 Å². The van der Waals surface area contributed by atoms with Gasteiger partial charge in [-0.3, -0.25) is 4.79 Å². The van der Waals surface area contributed by atoms with E-state index >= 15 is 0 Å². The number of fused-ring (bicyclic) bond motifs is 1. The molecule has 2 aromatic rings. The summed E-state index contributed by atoms with van der Waals surface area (Å²) >= 11 is 1.60. The lowest BCUT2D eigenvalue weighted by Gasteiger charge is -2.01. The Hall–Kier alpha value is -1.42. The van der Waals surface area contributed by atoms with Gasteiger partial charge in [0.25, 0.3) is 0 Å². The molecule has 1 amide bonds. The molecule has 0 fully saturated rings. The number of rotatable bonds is 3. The van der Waals surface area contributed by atoms with Gasteiger partial charge in [-0.15, -0.1) is 11.3 Å². The van der Waals surface area contributed by atoms with Gasteiger partial charge in [-0.05, 0) is 40.9 Å². The minimum atomic E-state index is -0.216. The van der Waals surface area contributed by atoms with Crippen molar-refractivity contribution in [2.24, 2.45) is 0 Å². The molecule has 1 N–H and O–H groups in total. The Bertz CT molecular complexity index is 521. The summed E-state index contributed by atoms with van der Waals surface area (Å²) in [6.07, 6.45) is 0.739. The van der Waals surface area contributed by atoms with Crippen LogP contribution in [0, 0.1) is 5.82 Å². The van der Waals surface area contributed by atoms with Crippen molar-refractivity contribution in [1.29, 1.82) is 0 Å². The summed E-state index contributed by atoms with van der Waals surface area (Å²) in [4.78, 5) is 10.7. The molecule has 0 radical (unpaired) electrons. The van der Waals surface area contributed by atoms with Crippen molar-refractivity contribution in [3.63, 3.8) is 0 Å². The predicted octanol–water partition coefficient (Wildman–Crippen LogP) is 2.72. The van der Waals surface area contributed by atoms with E-state index in [0.717, 1.165) is 22.1 Å². The number of halogens is 1. The molecule has 16 heavy (non-hydrogen) atoms. The van der Waals surface area contributed by atoms with E-state index < -0.39 is 0 Å². The maximum Gasteiger partial charge on any atom is 0.216 e. The zero-order valence-corrected chi connectivity index (χ0v) is 9.73.